The zero-order valence-electron chi connectivity index (χ0n) is 17.9. The molecule has 174 valence electrons. The molecule has 1 saturated heterocycles. The first-order chi connectivity index (χ1) is 15.8. The second kappa shape index (κ2) is 8.08. The van der Waals surface area contributed by atoms with Gasteiger partial charge in [0.1, 0.15) is 18.4 Å². The Morgan fingerprint density at radius 3 is 2.48 bits per heavy atom. The van der Waals surface area contributed by atoms with Crippen LogP contribution >= 0.6 is 0 Å². The number of hydrogen-bond donors (Lipinski definition) is 0. The lowest BCUT2D eigenvalue weighted by Crippen LogP contribution is -2.38. The Balaban J connectivity index is 1.25. The largest absolute Gasteiger partial charge is 0.492 e. The molecular formula is C25H24F3NO4. The Kier molecular flexibility index (Phi) is 5.34. The maximum Gasteiger partial charge on any atom is 0.417 e. The lowest BCUT2D eigenvalue weighted by atomic mass is 9.67. The van der Waals surface area contributed by atoms with Crippen molar-refractivity contribution in [2.24, 2.45) is 5.92 Å². The third-order valence-corrected chi connectivity index (χ3v) is 7.24. The molecule has 1 aliphatic carbocycles. The van der Waals surface area contributed by atoms with Gasteiger partial charge in [-0.2, -0.15) is 13.2 Å². The Hall–Kier alpha value is -3.03. The quantitative estimate of drug-likeness (QED) is 0.597. The van der Waals surface area contributed by atoms with Gasteiger partial charge in [-0.1, -0.05) is 36.4 Å². The summed E-state index contributed by atoms with van der Waals surface area (Å²) in [7, 11) is 0. The minimum atomic E-state index is -4.40. The standard InChI is InChI=1S/C25H24F3NO4/c26-25(27,28)18-6-7-19-21(13-18)33-15-24(19)10-8-16(9-11-24)12-22(30)29-20(14-32-23(29)31)17-4-2-1-3-5-17/h1-7,13,16,20H,8-12,14-15H2/t16-,20-,24+/m1/s1. The number of carbonyl (C=O) groups excluding carboxylic acids is 2. The number of amides is 2. The van der Waals surface area contributed by atoms with E-state index in [2.05, 4.69) is 0 Å². The molecule has 2 amide bonds. The molecule has 33 heavy (non-hydrogen) atoms. The van der Waals surface area contributed by atoms with Gasteiger partial charge in [-0.05, 0) is 49.3 Å². The fourth-order valence-electron chi connectivity index (χ4n) is 5.36. The van der Waals surface area contributed by atoms with Crippen molar-refractivity contribution in [3.8, 4) is 5.75 Å². The third kappa shape index (κ3) is 3.96. The van der Waals surface area contributed by atoms with Gasteiger partial charge in [0.25, 0.3) is 0 Å². The van der Waals surface area contributed by atoms with Crippen LogP contribution in [0.4, 0.5) is 18.0 Å². The number of imide groups is 1. The van der Waals surface area contributed by atoms with E-state index in [0.717, 1.165) is 48.9 Å². The van der Waals surface area contributed by atoms with Crippen LogP contribution in [-0.2, 0) is 21.1 Å². The van der Waals surface area contributed by atoms with E-state index in [1.807, 2.05) is 30.3 Å². The van der Waals surface area contributed by atoms with E-state index in [1.54, 1.807) is 6.07 Å². The van der Waals surface area contributed by atoms with Crippen LogP contribution in [0.2, 0.25) is 0 Å². The number of nitrogens with zero attached hydrogens (tertiary/aromatic N) is 1. The lowest BCUT2D eigenvalue weighted by Gasteiger charge is -2.36. The van der Waals surface area contributed by atoms with Gasteiger partial charge in [-0.3, -0.25) is 4.79 Å². The molecule has 1 spiro atoms. The first-order valence-corrected chi connectivity index (χ1v) is 11.2. The van der Waals surface area contributed by atoms with Gasteiger partial charge >= 0.3 is 12.3 Å². The summed E-state index contributed by atoms with van der Waals surface area (Å²) in [6, 6.07) is 12.7. The summed E-state index contributed by atoms with van der Waals surface area (Å²) in [5.74, 6) is 0.168. The van der Waals surface area contributed by atoms with E-state index < -0.39 is 23.9 Å². The molecular weight excluding hydrogens is 435 g/mol. The fourth-order valence-corrected chi connectivity index (χ4v) is 5.36. The molecule has 0 aromatic heterocycles. The van der Waals surface area contributed by atoms with Gasteiger partial charge in [0.05, 0.1) is 12.2 Å². The Morgan fingerprint density at radius 1 is 1.06 bits per heavy atom. The van der Waals surface area contributed by atoms with Crippen molar-refractivity contribution < 1.29 is 32.2 Å². The van der Waals surface area contributed by atoms with Crippen LogP contribution in [0.25, 0.3) is 0 Å². The second-order valence-corrected chi connectivity index (χ2v) is 9.19. The van der Waals surface area contributed by atoms with Crippen LogP contribution in [0, 0.1) is 5.92 Å². The predicted molar refractivity (Wildman–Crippen MR) is 113 cm³/mol. The molecule has 2 fully saturated rings. The molecule has 5 nitrogen and oxygen atoms in total. The normalized spacial score (nSPS) is 26.8. The van der Waals surface area contributed by atoms with Gasteiger partial charge in [0.15, 0.2) is 0 Å². The lowest BCUT2D eigenvalue weighted by molar-refractivity contribution is -0.137. The highest BCUT2D eigenvalue weighted by molar-refractivity contribution is 5.93. The minimum Gasteiger partial charge on any atom is -0.492 e. The monoisotopic (exact) mass is 459 g/mol. The number of halogens is 3. The van der Waals surface area contributed by atoms with E-state index >= 15 is 0 Å². The summed E-state index contributed by atoms with van der Waals surface area (Å²) >= 11 is 0. The maximum atomic E-state index is 13.0. The number of carbonyl (C=O) groups is 2. The van der Waals surface area contributed by atoms with E-state index in [4.69, 9.17) is 9.47 Å². The van der Waals surface area contributed by atoms with Crippen LogP contribution in [0.3, 0.4) is 0 Å². The summed E-state index contributed by atoms with van der Waals surface area (Å²) in [6.07, 6.45) is -1.82. The molecule has 0 unspecified atom stereocenters. The number of ether oxygens (including phenoxy) is 2. The average Bonchev–Trinajstić information content (AvgIpc) is 3.36. The van der Waals surface area contributed by atoms with Gasteiger partial charge in [-0.25, -0.2) is 9.69 Å². The van der Waals surface area contributed by atoms with Crippen molar-refractivity contribution in [3.05, 3.63) is 65.2 Å². The predicted octanol–water partition coefficient (Wildman–Crippen LogP) is 5.64. The van der Waals surface area contributed by atoms with Crippen molar-refractivity contribution in [2.45, 2.75) is 49.7 Å². The van der Waals surface area contributed by atoms with Crippen molar-refractivity contribution in [1.29, 1.82) is 0 Å². The van der Waals surface area contributed by atoms with Crippen LogP contribution in [-0.4, -0.2) is 30.1 Å². The molecule has 0 bridgehead atoms. The average molecular weight is 459 g/mol. The molecule has 3 aliphatic rings. The van der Waals surface area contributed by atoms with Gasteiger partial charge in [-0.15, -0.1) is 0 Å². The Morgan fingerprint density at radius 2 is 1.79 bits per heavy atom. The zero-order chi connectivity index (χ0) is 23.2. The molecule has 2 heterocycles. The fraction of sp³-hybridized carbons (Fsp3) is 0.440. The first-order valence-electron chi connectivity index (χ1n) is 11.2. The van der Waals surface area contributed by atoms with E-state index in [0.29, 0.717) is 12.4 Å². The molecule has 0 N–H and O–H groups in total. The molecule has 8 heteroatoms. The first kappa shape index (κ1) is 21.8. The molecule has 0 radical (unpaired) electrons. The Bertz CT molecular complexity index is 1060. The van der Waals surface area contributed by atoms with E-state index in [1.165, 1.54) is 4.90 Å². The molecule has 5 rings (SSSR count). The summed E-state index contributed by atoms with van der Waals surface area (Å²) in [5, 5.41) is 0. The molecule has 2 aromatic carbocycles. The zero-order valence-corrected chi connectivity index (χ0v) is 17.9. The highest BCUT2D eigenvalue weighted by Gasteiger charge is 2.46. The SMILES string of the molecule is O=C(C[C@H]1CC[C@@]2(CC1)COc1cc(C(F)(F)F)ccc12)N1C(=O)OC[C@@H]1c1ccccc1. The van der Waals surface area contributed by atoms with Crippen LogP contribution in [0.5, 0.6) is 5.75 Å². The van der Waals surface area contributed by atoms with Gasteiger partial charge in [0, 0.05) is 17.4 Å². The molecule has 1 atom stereocenters. The third-order valence-electron chi connectivity index (χ3n) is 7.24. The summed E-state index contributed by atoms with van der Waals surface area (Å²) in [5.41, 5.74) is 0.672. The summed E-state index contributed by atoms with van der Waals surface area (Å²) < 4.78 is 49.9. The van der Waals surface area contributed by atoms with Gasteiger partial charge in [0.2, 0.25) is 5.91 Å². The van der Waals surface area contributed by atoms with Crippen LogP contribution < -0.4 is 4.74 Å². The van der Waals surface area contributed by atoms with Crippen molar-refractivity contribution in [2.75, 3.05) is 13.2 Å². The number of fused-ring (bicyclic) bond motifs is 2. The smallest absolute Gasteiger partial charge is 0.417 e. The summed E-state index contributed by atoms with van der Waals surface area (Å²) in [6.45, 7) is 0.509. The number of alkyl halides is 3. The number of cyclic esters (lactones) is 1. The number of benzene rings is 2. The van der Waals surface area contributed by atoms with Crippen LogP contribution in [0.15, 0.2) is 48.5 Å². The van der Waals surface area contributed by atoms with Gasteiger partial charge < -0.3 is 9.47 Å². The Labute approximate surface area is 189 Å². The molecule has 2 aromatic rings. The maximum absolute atomic E-state index is 13.0. The van der Waals surface area contributed by atoms with Crippen LogP contribution in [0.1, 0.15) is 54.8 Å². The van der Waals surface area contributed by atoms with Crippen molar-refractivity contribution in [3.63, 3.8) is 0 Å². The topological polar surface area (TPSA) is 55.8 Å². The van der Waals surface area contributed by atoms with E-state index in [9.17, 15) is 22.8 Å². The molecule has 2 aliphatic heterocycles. The minimum absolute atomic E-state index is 0.103. The number of rotatable bonds is 3. The van der Waals surface area contributed by atoms with Crippen molar-refractivity contribution >= 4 is 12.0 Å². The second-order valence-electron chi connectivity index (χ2n) is 9.19. The molecule has 1 saturated carbocycles. The highest BCUT2D eigenvalue weighted by atomic mass is 19.4. The van der Waals surface area contributed by atoms with E-state index in [-0.39, 0.29) is 30.3 Å². The van der Waals surface area contributed by atoms with Crippen molar-refractivity contribution in [1.82, 2.24) is 4.90 Å². The number of hydrogen-bond acceptors (Lipinski definition) is 4. The summed E-state index contributed by atoms with van der Waals surface area (Å²) in [4.78, 5) is 26.5. The highest BCUT2D eigenvalue weighted by Crippen LogP contribution is 2.50.